The molecule has 0 amide bonds. The number of thioether (sulfide) groups is 1. The Morgan fingerprint density at radius 2 is 1.46 bits per heavy atom. The average Bonchev–Trinajstić information content (AvgIpc) is 2.63. The minimum Gasteiger partial charge on any atom is -0.311 e. The van der Waals surface area contributed by atoms with Crippen molar-refractivity contribution in [2.24, 2.45) is 5.92 Å². The van der Waals surface area contributed by atoms with Crippen molar-refractivity contribution in [1.29, 1.82) is 0 Å². The van der Waals surface area contributed by atoms with E-state index in [0.29, 0.717) is 12.1 Å². The predicted octanol–water partition coefficient (Wildman–Crippen LogP) is 4.20. The molecule has 4 heteroatoms. The zero-order chi connectivity index (χ0) is 18.8. The van der Waals surface area contributed by atoms with Gasteiger partial charge in [0.1, 0.15) is 0 Å². The van der Waals surface area contributed by atoms with Crippen molar-refractivity contribution in [3.05, 3.63) is 30.3 Å². The van der Waals surface area contributed by atoms with Crippen LogP contribution in [0.15, 0.2) is 35.2 Å². The molecule has 26 heavy (non-hydrogen) atoms. The maximum atomic E-state index is 3.77. The molecule has 0 aromatic heterocycles. The Morgan fingerprint density at radius 3 is 2.00 bits per heavy atom. The van der Waals surface area contributed by atoms with Crippen LogP contribution in [0.3, 0.4) is 0 Å². The predicted molar refractivity (Wildman–Crippen MR) is 116 cm³/mol. The Morgan fingerprint density at radius 1 is 0.885 bits per heavy atom. The van der Waals surface area contributed by atoms with Gasteiger partial charge >= 0.3 is 0 Å². The van der Waals surface area contributed by atoms with E-state index in [-0.39, 0.29) is 0 Å². The lowest BCUT2D eigenvalue weighted by molar-refractivity contribution is 0.124. The summed E-state index contributed by atoms with van der Waals surface area (Å²) in [7, 11) is 0. The third-order valence-corrected chi connectivity index (χ3v) is 6.22. The van der Waals surface area contributed by atoms with Gasteiger partial charge in [-0.1, -0.05) is 45.9 Å². The van der Waals surface area contributed by atoms with E-state index in [0.717, 1.165) is 11.7 Å². The summed E-state index contributed by atoms with van der Waals surface area (Å²) < 4.78 is 0. The largest absolute Gasteiger partial charge is 0.311 e. The Balaban J connectivity index is 1.70. The molecule has 1 aliphatic heterocycles. The molecular weight excluding hydrogens is 338 g/mol. The molecule has 2 rings (SSSR count). The highest BCUT2D eigenvalue weighted by atomic mass is 32.2. The quantitative estimate of drug-likeness (QED) is 0.582. The molecule has 1 fully saturated rings. The normalized spacial score (nSPS) is 17.9. The minimum absolute atomic E-state index is 0.546. The molecular formula is C22H39N3S. The molecule has 1 saturated heterocycles. The second kappa shape index (κ2) is 12.0. The van der Waals surface area contributed by atoms with Gasteiger partial charge in [0, 0.05) is 48.9 Å². The van der Waals surface area contributed by atoms with Crippen LogP contribution in [-0.2, 0) is 0 Å². The topological polar surface area (TPSA) is 18.5 Å². The van der Waals surface area contributed by atoms with Gasteiger partial charge in [0.2, 0.25) is 0 Å². The summed E-state index contributed by atoms with van der Waals surface area (Å²) in [6, 6.07) is 11.9. The fourth-order valence-corrected chi connectivity index (χ4v) is 4.42. The van der Waals surface area contributed by atoms with Gasteiger partial charge in [-0.2, -0.15) is 0 Å². The van der Waals surface area contributed by atoms with Gasteiger partial charge in [0.05, 0.1) is 0 Å². The summed E-state index contributed by atoms with van der Waals surface area (Å²) in [5.41, 5.74) is 0. The Kier molecular flexibility index (Phi) is 10.1. The number of hydrogen-bond acceptors (Lipinski definition) is 4. The molecule has 0 saturated carbocycles. The zero-order valence-corrected chi connectivity index (χ0v) is 18.1. The number of nitrogens with one attached hydrogen (secondary N) is 1. The van der Waals surface area contributed by atoms with E-state index >= 15 is 0 Å². The van der Waals surface area contributed by atoms with E-state index in [9.17, 15) is 0 Å². The highest BCUT2D eigenvalue weighted by Gasteiger charge is 2.18. The number of piperazine rings is 1. The van der Waals surface area contributed by atoms with Crippen molar-refractivity contribution in [2.75, 3.05) is 45.0 Å². The van der Waals surface area contributed by atoms with Crippen LogP contribution in [0.4, 0.5) is 0 Å². The first kappa shape index (κ1) is 21.7. The van der Waals surface area contributed by atoms with Crippen molar-refractivity contribution >= 4 is 11.8 Å². The lowest BCUT2D eigenvalue weighted by Gasteiger charge is -2.35. The summed E-state index contributed by atoms with van der Waals surface area (Å²) in [4.78, 5) is 6.68. The molecule has 0 spiro atoms. The highest BCUT2D eigenvalue weighted by Crippen LogP contribution is 2.19. The highest BCUT2D eigenvalue weighted by molar-refractivity contribution is 7.99. The number of benzene rings is 1. The van der Waals surface area contributed by atoms with Crippen LogP contribution in [0.25, 0.3) is 0 Å². The first-order chi connectivity index (χ1) is 12.5. The maximum Gasteiger partial charge on any atom is 0.0176 e. The first-order valence-corrected chi connectivity index (χ1v) is 11.4. The minimum atomic E-state index is 0.546. The molecule has 0 radical (unpaired) electrons. The summed E-state index contributed by atoms with van der Waals surface area (Å²) in [6.07, 6.45) is 2.57. The molecule has 0 unspecified atom stereocenters. The van der Waals surface area contributed by atoms with Crippen LogP contribution in [0.5, 0.6) is 0 Å². The average molecular weight is 378 g/mol. The van der Waals surface area contributed by atoms with Crippen molar-refractivity contribution in [1.82, 2.24) is 15.1 Å². The van der Waals surface area contributed by atoms with Gasteiger partial charge < -0.3 is 15.1 Å². The van der Waals surface area contributed by atoms with E-state index in [2.05, 4.69) is 73.1 Å². The molecule has 1 aromatic rings. The summed E-state index contributed by atoms with van der Waals surface area (Å²) in [5, 5.41) is 3.77. The van der Waals surface area contributed by atoms with E-state index < -0.39 is 0 Å². The fourth-order valence-electron chi connectivity index (χ4n) is 3.42. The molecule has 1 N–H and O–H groups in total. The van der Waals surface area contributed by atoms with Gasteiger partial charge in [-0.25, -0.2) is 0 Å². The van der Waals surface area contributed by atoms with Crippen molar-refractivity contribution in [3.8, 4) is 0 Å². The van der Waals surface area contributed by atoms with Crippen molar-refractivity contribution in [2.45, 2.75) is 57.5 Å². The van der Waals surface area contributed by atoms with E-state index in [4.69, 9.17) is 0 Å². The van der Waals surface area contributed by atoms with E-state index in [1.807, 2.05) is 11.8 Å². The van der Waals surface area contributed by atoms with Crippen LogP contribution in [0, 0.1) is 5.92 Å². The van der Waals surface area contributed by atoms with E-state index in [1.54, 1.807) is 0 Å². The van der Waals surface area contributed by atoms with Crippen molar-refractivity contribution in [3.63, 3.8) is 0 Å². The number of nitrogens with zero attached hydrogens (tertiary/aromatic N) is 2. The third-order valence-electron chi connectivity index (χ3n) is 5.04. The van der Waals surface area contributed by atoms with Crippen LogP contribution in [0.1, 0.15) is 40.5 Å². The van der Waals surface area contributed by atoms with Crippen LogP contribution < -0.4 is 5.32 Å². The Hall–Kier alpha value is -0.550. The van der Waals surface area contributed by atoms with Gasteiger partial charge in [-0.3, -0.25) is 0 Å². The zero-order valence-electron chi connectivity index (χ0n) is 17.3. The SMILES string of the molecule is CC(C)CCN1CCN(CC[C@H](CSc2ccccc2)NC(C)C)CC1. The lowest BCUT2D eigenvalue weighted by Crippen LogP contribution is -2.48. The second-order valence-electron chi connectivity index (χ2n) is 8.30. The van der Waals surface area contributed by atoms with Gasteiger partial charge in [0.15, 0.2) is 0 Å². The fraction of sp³-hybridized carbons (Fsp3) is 0.727. The second-order valence-corrected chi connectivity index (χ2v) is 9.39. The summed E-state index contributed by atoms with van der Waals surface area (Å²) >= 11 is 1.98. The van der Waals surface area contributed by atoms with Gasteiger partial charge in [0.25, 0.3) is 0 Å². The van der Waals surface area contributed by atoms with Crippen LogP contribution in [-0.4, -0.2) is 66.9 Å². The Bertz CT molecular complexity index is 470. The molecule has 1 aliphatic rings. The number of rotatable bonds is 11. The Labute approximate surface area is 165 Å². The summed E-state index contributed by atoms with van der Waals surface area (Å²) in [6.45, 7) is 16.6. The molecule has 1 heterocycles. The first-order valence-electron chi connectivity index (χ1n) is 10.4. The third kappa shape index (κ3) is 8.90. The van der Waals surface area contributed by atoms with E-state index in [1.165, 1.54) is 57.0 Å². The summed E-state index contributed by atoms with van der Waals surface area (Å²) in [5.74, 6) is 1.97. The van der Waals surface area contributed by atoms with Crippen LogP contribution in [0.2, 0.25) is 0 Å². The molecule has 0 bridgehead atoms. The lowest BCUT2D eigenvalue weighted by atomic mass is 10.1. The van der Waals surface area contributed by atoms with Crippen LogP contribution >= 0.6 is 11.8 Å². The standard InChI is InChI=1S/C22H39N3S/c1-19(2)10-12-24-14-16-25(17-15-24)13-11-21(23-20(3)4)18-26-22-8-6-5-7-9-22/h5-9,19-21,23H,10-18H2,1-4H3/t21-/m1/s1. The maximum absolute atomic E-state index is 3.77. The number of hydrogen-bond donors (Lipinski definition) is 1. The van der Waals surface area contributed by atoms with Gasteiger partial charge in [-0.05, 0) is 44.0 Å². The smallest absolute Gasteiger partial charge is 0.0176 e. The van der Waals surface area contributed by atoms with Crippen molar-refractivity contribution < 1.29 is 0 Å². The molecule has 0 aliphatic carbocycles. The molecule has 1 aromatic carbocycles. The molecule has 148 valence electrons. The van der Waals surface area contributed by atoms with Gasteiger partial charge in [-0.15, -0.1) is 11.8 Å². The molecule has 3 nitrogen and oxygen atoms in total. The molecule has 1 atom stereocenters. The monoisotopic (exact) mass is 377 g/mol.